The summed E-state index contributed by atoms with van der Waals surface area (Å²) in [4.78, 5) is 135. The predicted molar refractivity (Wildman–Crippen MR) is 382 cm³/mol. The molecule has 2 unspecified atom stereocenters. The van der Waals surface area contributed by atoms with E-state index in [1.54, 1.807) is 19.2 Å². The fourth-order valence-corrected chi connectivity index (χ4v) is 14.8. The first kappa shape index (κ1) is 87.3. The Hall–Kier alpha value is -9.67. The maximum atomic E-state index is 16.9. The van der Waals surface area contributed by atoms with Gasteiger partial charge < -0.3 is 54.0 Å². The average molecular weight is 1620 g/mol. The van der Waals surface area contributed by atoms with E-state index < -0.39 is 188 Å². The summed E-state index contributed by atoms with van der Waals surface area (Å²) >= 11 is 0. The maximum Gasteiger partial charge on any atom is 0.524 e. The van der Waals surface area contributed by atoms with Crippen LogP contribution in [0.1, 0.15) is 133 Å². The van der Waals surface area contributed by atoms with Crippen LogP contribution >= 0.6 is 7.82 Å². The van der Waals surface area contributed by atoms with Gasteiger partial charge in [-0.25, -0.2) is 47.4 Å². The summed E-state index contributed by atoms with van der Waals surface area (Å²) in [5.74, 6) is -3.68. The number of esters is 2. The third-order valence-corrected chi connectivity index (χ3v) is 21.0. The Bertz CT molecular complexity index is 4380. The molecule has 0 radical (unpaired) electrons. The zero-order valence-corrected chi connectivity index (χ0v) is 64.4. The highest BCUT2D eigenvalue weighted by molar-refractivity contribution is 7.46. The van der Waals surface area contributed by atoms with Crippen molar-refractivity contribution in [2.75, 3.05) is 58.6 Å². The zero-order chi connectivity index (χ0) is 83.2. The summed E-state index contributed by atoms with van der Waals surface area (Å²) in [6.45, 7) is 6.15. The number of ether oxygens (including phenoxy) is 5. The molecule has 5 aromatic rings. The number of piperazine rings is 1. The number of carbonyl (C=O) groups excluding carboxylic acids is 7. The molecule has 6 N–H and O–H groups in total. The van der Waals surface area contributed by atoms with Gasteiger partial charge in [0.25, 0.3) is 5.91 Å². The molecule has 8 atom stereocenters. The lowest BCUT2D eigenvalue weighted by Gasteiger charge is -2.47. The quantitative estimate of drug-likeness (QED) is 0.00648. The smallest absolute Gasteiger partial charge is 0.464 e. The van der Waals surface area contributed by atoms with Crippen molar-refractivity contribution in [3.05, 3.63) is 124 Å². The molecule has 5 amide bonds. The topological polar surface area (TPSA) is 337 Å². The number of nitrogens with one attached hydrogen (secondary N) is 4. The highest BCUT2D eigenvalue weighted by Crippen LogP contribution is 2.47. The number of alkyl carbamates (subject to hydrolysis) is 2. The van der Waals surface area contributed by atoms with Gasteiger partial charge in [0, 0.05) is 84.0 Å². The van der Waals surface area contributed by atoms with E-state index in [9.17, 15) is 47.1 Å². The highest BCUT2D eigenvalue weighted by atomic mass is 31.2. The number of amides is 5. The first-order valence-electron chi connectivity index (χ1n) is 35.9. The van der Waals surface area contributed by atoms with Gasteiger partial charge >= 0.3 is 50.8 Å². The number of phosphoric ester groups is 1. The molecule has 6 heterocycles. The van der Waals surface area contributed by atoms with Gasteiger partial charge in [0.15, 0.2) is 0 Å². The number of likely N-dealkylation sites (tertiary alicyclic amines) is 1. The molecule has 3 aromatic carbocycles. The summed E-state index contributed by atoms with van der Waals surface area (Å²) in [6.07, 6.45) is -12.2. The normalized spacial score (nSPS) is 18.8. The van der Waals surface area contributed by atoms with Crippen LogP contribution < -0.4 is 30.8 Å². The Morgan fingerprint density at radius 3 is 1.86 bits per heavy atom. The second-order valence-corrected chi connectivity index (χ2v) is 31.1. The molecule has 2 aromatic heterocycles. The summed E-state index contributed by atoms with van der Waals surface area (Å²) in [7, 11) is -4.09. The molecule has 39 heteroatoms. The molecule has 4 aliphatic heterocycles. The van der Waals surface area contributed by atoms with Gasteiger partial charge in [-0.3, -0.25) is 39.3 Å². The minimum absolute atomic E-state index is 0.0368. The van der Waals surface area contributed by atoms with E-state index in [0.717, 1.165) is 45.4 Å². The monoisotopic (exact) mass is 1620 g/mol. The standard InChI is InChI=1S/C74H89F10N12O16P/c1-12-110-65(101)55-22-13-41(3)95(55)58(97)30-46-25-40(2)26-56(112-113(104,105)106)60(46)70(4,5)31-59(98)111-57(37-93(91-64(100)62(89-69(103)108-11)72(8,9)74(82,83)84)36-50-51(75)28-45(29-52(50)76)53-23-24-94(90-53)66(77)78)54(87-63(99)61(88-68(102)107-10)71(6,7)73(79,80)81)27-43-17-14-42(15-18-43)16-19-44-32-85-67(86-33-44)92-34-47-20-21-48(35-92)96(47)49-38-109-39-49/h14-15,17-18,23-26,28-29,32-33,41,47-49,54-55,57,61-62,66H,12-13,20-22,27,30-31,34-39H2,1-11H3,(H,87,99)(H,88,102)(H,89,103)(H,91,100)(H2,104,105,106)/t41-,47?,48?,54-,55-,57-,61+,62+/m0/s1. The second-order valence-electron chi connectivity index (χ2n) is 29.9. The Balaban J connectivity index is 1.17. The number of hydrogen-bond donors (Lipinski definition) is 6. The van der Waals surface area contributed by atoms with Crippen molar-refractivity contribution in [1.82, 2.24) is 55.9 Å². The van der Waals surface area contributed by atoms with Crippen molar-refractivity contribution in [1.29, 1.82) is 0 Å². The summed E-state index contributed by atoms with van der Waals surface area (Å²) in [5.41, 5.74) is -7.58. The van der Waals surface area contributed by atoms with Crippen LogP contribution in [0.4, 0.5) is 59.4 Å². The van der Waals surface area contributed by atoms with E-state index in [-0.39, 0.29) is 40.0 Å². The number of alkyl halides is 8. The first-order valence-corrected chi connectivity index (χ1v) is 37.5. The highest BCUT2D eigenvalue weighted by Gasteiger charge is 2.58. The van der Waals surface area contributed by atoms with E-state index in [1.165, 1.54) is 68.4 Å². The van der Waals surface area contributed by atoms with Crippen LogP contribution in [-0.2, 0) is 77.0 Å². The SMILES string of the molecule is CCOC(=O)[C@@H]1CC[C@H](C)N1C(=O)Cc1cc(C)cc(OP(=O)(O)O)c1C(C)(C)CC(=O)O[C@@H](CN(Cc1c(F)cc(-c2ccn(C(F)F)n2)cc1F)NC(=O)[C@@H](NC(=O)OC)C(C)(C)C(F)(F)F)[C@H](Cc1ccc(C#Cc2cnc(N3CC4CCC(C3)N4C3COC3)nc2)cc1)NC(=O)[C@@H](NC(=O)OC)C(C)(C)C(F)(F)F. The molecular formula is C74H89F10N12O16P. The number of phosphoric acid groups is 1. The number of aryl methyl sites for hydroxylation is 1. The van der Waals surface area contributed by atoms with Gasteiger partial charge in [-0.05, 0) is 134 Å². The number of methoxy groups -OCH3 is 2. The average Bonchev–Trinajstić information content (AvgIpc) is 1.71. The van der Waals surface area contributed by atoms with Gasteiger partial charge in [-0.15, -0.1) is 0 Å². The molecule has 9 rings (SSSR count). The number of anilines is 1. The number of halogens is 10. The molecule has 4 saturated heterocycles. The number of rotatable bonds is 29. The van der Waals surface area contributed by atoms with Gasteiger partial charge in [-0.1, -0.05) is 43.9 Å². The molecule has 0 spiro atoms. The van der Waals surface area contributed by atoms with E-state index in [2.05, 4.69) is 56.9 Å². The fourth-order valence-electron chi connectivity index (χ4n) is 14.4. The minimum atomic E-state index is -5.59. The molecule has 616 valence electrons. The van der Waals surface area contributed by atoms with Crippen LogP contribution in [0.25, 0.3) is 11.3 Å². The van der Waals surface area contributed by atoms with Crippen LogP contribution in [0, 0.1) is 41.2 Å². The Morgan fingerprint density at radius 1 is 0.761 bits per heavy atom. The van der Waals surface area contributed by atoms with Crippen LogP contribution in [-0.4, -0.2) is 207 Å². The zero-order valence-electron chi connectivity index (χ0n) is 63.5. The van der Waals surface area contributed by atoms with Crippen LogP contribution in [0.3, 0.4) is 0 Å². The molecular weight excluding hydrogens is 1530 g/mol. The first-order chi connectivity index (χ1) is 52.8. The van der Waals surface area contributed by atoms with Crippen LogP contribution in [0.2, 0.25) is 0 Å². The van der Waals surface area contributed by atoms with E-state index in [1.807, 2.05) is 5.32 Å². The van der Waals surface area contributed by atoms with Crippen molar-refractivity contribution in [2.45, 2.75) is 193 Å². The summed E-state index contributed by atoms with van der Waals surface area (Å²) in [5, 5.41) is 10.1. The summed E-state index contributed by atoms with van der Waals surface area (Å²) in [6, 6.07) is 2.28. The van der Waals surface area contributed by atoms with Crippen LogP contribution in [0.5, 0.6) is 5.75 Å². The second kappa shape index (κ2) is 35.4. The van der Waals surface area contributed by atoms with Crippen molar-refractivity contribution >= 4 is 55.6 Å². The predicted octanol–water partition coefficient (Wildman–Crippen LogP) is 9.20. The molecule has 0 saturated carbocycles. The third kappa shape index (κ3) is 21.0. The Morgan fingerprint density at radius 2 is 1.34 bits per heavy atom. The largest absolute Gasteiger partial charge is 0.524 e. The van der Waals surface area contributed by atoms with Gasteiger partial charge in [0.05, 0.1) is 87.6 Å². The fraction of sp³-hybridized carbons (Fsp3) is 0.541. The molecule has 4 fully saturated rings. The van der Waals surface area contributed by atoms with Crippen LogP contribution in [0.15, 0.2) is 73.2 Å². The van der Waals surface area contributed by atoms with Gasteiger partial charge in [0.2, 0.25) is 17.8 Å². The number of nitrogens with zero attached hydrogens (tertiary/aromatic N) is 8. The maximum absolute atomic E-state index is 16.9. The van der Waals surface area contributed by atoms with Crippen molar-refractivity contribution in [2.24, 2.45) is 10.8 Å². The molecule has 4 aliphatic rings. The van der Waals surface area contributed by atoms with E-state index >= 15 is 44.7 Å². The third-order valence-electron chi connectivity index (χ3n) is 20.6. The lowest BCUT2D eigenvalue weighted by Crippen LogP contribution is -2.64. The van der Waals surface area contributed by atoms with E-state index in [0.29, 0.717) is 113 Å². The molecule has 113 heavy (non-hydrogen) atoms. The number of hydrazine groups is 1. The summed E-state index contributed by atoms with van der Waals surface area (Å²) < 4.78 is 197. The van der Waals surface area contributed by atoms with Gasteiger partial charge in [0.1, 0.15) is 41.6 Å². The number of benzene rings is 3. The number of aromatic nitrogens is 4. The Kier molecular flexibility index (Phi) is 27.3. The molecule has 2 bridgehead atoms. The lowest BCUT2D eigenvalue weighted by molar-refractivity contribution is -0.221. The lowest BCUT2D eigenvalue weighted by atomic mass is 9.77. The van der Waals surface area contributed by atoms with Gasteiger partial charge in [-0.2, -0.15) is 40.2 Å². The Labute approximate surface area is 643 Å². The minimum Gasteiger partial charge on any atom is -0.464 e. The van der Waals surface area contributed by atoms with Crippen molar-refractivity contribution in [3.8, 4) is 28.8 Å². The molecule has 0 aliphatic carbocycles. The van der Waals surface area contributed by atoms with Crippen molar-refractivity contribution in [3.63, 3.8) is 0 Å². The van der Waals surface area contributed by atoms with Crippen molar-refractivity contribution < 1.29 is 120 Å². The van der Waals surface area contributed by atoms with E-state index in [4.69, 9.17) is 18.7 Å². The number of carbonyl (C=O) groups is 7. The molecule has 28 nitrogen and oxygen atoms in total. The number of fused-ring (bicyclic) bond motifs is 2. The number of hydrogen-bond acceptors (Lipinski definition) is 20.